The molecular formula is C32H42ClN3O7S. The van der Waals surface area contributed by atoms with Crippen molar-refractivity contribution in [3.05, 3.63) is 64.7 Å². The highest BCUT2D eigenvalue weighted by Crippen LogP contribution is 2.22. The molecule has 0 radical (unpaired) electrons. The van der Waals surface area contributed by atoms with Crippen molar-refractivity contribution in [1.29, 1.82) is 0 Å². The third kappa shape index (κ3) is 11.1. The molecule has 10 nitrogen and oxygen atoms in total. The van der Waals surface area contributed by atoms with Gasteiger partial charge in [-0.1, -0.05) is 23.7 Å². The summed E-state index contributed by atoms with van der Waals surface area (Å²) in [6.45, 7) is 8.22. The van der Waals surface area contributed by atoms with Gasteiger partial charge in [0.25, 0.3) is 5.91 Å². The third-order valence-electron chi connectivity index (χ3n) is 7.23. The van der Waals surface area contributed by atoms with Crippen LogP contribution in [0.1, 0.15) is 36.2 Å². The number of hydrogen-bond acceptors (Lipinski definition) is 9. The lowest BCUT2D eigenvalue weighted by Crippen LogP contribution is -2.49. The fourth-order valence-electron chi connectivity index (χ4n) is 4.68. The Bertz CT molecular complexity index is 1240. The van der Waals surface area contributed by atoms with E-state index >= 15 is 0 Å². The van der Waals surface area contributed by atoms with Crippen LogP contribution in [0.2, 0.25) is 5.02 Å². The van der Waals surface area contributed by atoms with E-state index in [1.807, 2.05) is 43.0 Å². The Labute approximate surface area is 268 Å². The zero-order valence-corrected chi connectivity index (χ0v) is 27.4. The van der Waals surface area contributed by atoms with Crippen molar-refractivity contribution in [3.63, 3.8) is 0 Å². The zero-order valence-electron chi connectivity index (χ0n) is 25.8. The number of ether oxygens (including phenoxy) is 3. The number of carbonyl (C=O) groups excluding carboxylic acids is 4. The zero-order chi connectivity index (χ0) is 32.1. The summed E-state index contributed by atoms with van der Waals surface area (Å²) in [5.41, 5.74) is 2.39. The second-order valence-electron chi connectivity index (χ2n) is 10.6. The molecule has 12 heteroatoms. The van der Waals surface area contributed by atoms with Gasteiger partial charge in [-0.3, -0.25) is 24.1 Å². The van der Waals surface area contributed by atoms with Crippen LogP contribution in [-0.4, -0.2) is 111 Å². The topological polar surface area (TPSA) is 106 Å². The van der Waals surface area contributed by atoms with E-state index in [0.29, 0.717) is 30.9 Å². The number of methoxy groups -OCH3 is 2. The molecule has 0 saturated carbocycles. The highest BCUT2D eigenvalue weighted by molar-refractivity contribution is 8.01. The number of anilines is 1. The summed E-state index contributed by atoms with van der Waals surface area (Å²) in [5.74, 6) is -1.55. The number of rotatable bonds is 15. The van der Waals surface area contributed by atoms with Crippen molar-refractivity contribution < 1.29 is 33.4 Å². The van der Waals surface area contributed by atoms with Gasteiger partial charge in [-0.2, -0.15) is 0 Å². The molecule has 2 aromatic carbocycles. The van der Waals surface area contributed by atoms with Gasteiger partial charge < -0.3 is 24.0 Å². The molecule has 0 aromatic heterocycles. The van der Waals surface area contributed by atoms with E-state index in [0.717, 1.165) is 42.8 Å². The van der Waals surface area contributed by atoms with E-state index in [1.165, 1.54) is 19.8 Å². The summed E-state index contributed by atoms with van der Waals surface area (Å²) in [6.07, 6.45) is 0.713. The van der Waals surface area contributed by atoms with Gasteiger partial charge >= 0.3 is 11.9 Å². The van der Waals surface area contributed by atoms with Gasteiger partial charge in [-0.05, 0) is 62.2 Å². The van der Waals surface area contributed by atoms with Crippen LogP contribution in [0.5, 0.6) is 0 Å². The fraction of sp³-hybridized carbons (Fsp3) is 0.500. The molecule has 0 aliphatic carbocycles. The van der Waals surface area contributed by atoms with Crippen LogP contribution in [0.25, 0.3) is 0 Å². The number of esters is 2. The maximum Gasteiger partial charge on any atom is 0.319 e. The quantitative estimate of drug-likeness (QED) is 0.266. The molecule has 44 heavy (non-hydrogen) atoms. The van der Waals surface area contributed by atoms with Gasteiger partial charge in [0.05, 0.1) is 39.1 Å². The molecule has 0 N–H and O–H groups in total. The first-order chi connectivity index (χ1) is 21.1. The average Bonchev–Trinajstić information content (AvgIpc) is 3.04. The van der Waals surface area contributed by atoms with Crippen molar-refractivity contribution in [2.24, 2.45) is 0 Å². The molecule has 0 bridgehead atoms. The minimum absolute atomic E-state index is 0.0111. The molecule has 0 spiro atoms. The molecule has 1 unspecified atom stereocenters. The summed E-state index contributed by atoms with van der Waals surface area (Å²) in [7, 11) is 2.47. The van der Waals surface area contributed by atoms with Crippen LogP contribution in [0, 0.1) is 0 Å². The van der Waals surface area contributed by atoms with Crippen LogP contribution < -0.4 is 4.90 Å². The average molecular weight is 648 g/mol. The predicted octanol–water partition coefficient (Wildman–Crippen LogP) is 3.94. The van der Waals surface area contributed by atoms with E-state index in [4.69, 9.17) is 21.1 Å². The Morgan fingerprint density at radius 1 is 0.932 bits per heavy atom. The first-order valence-electron chi connectivity index (χ1n) is 14.7. The molecule has 1 aliphatic rings. The summed E-state index contributed by atoms with van der Waals surface area (Å²) in [6, 6.07) is 14.9. The SMILES string of the molecule is COC(=O)CC(SCC(=O)N(CCOC(C)C)c1ccc(C(=O)N2CCN(CCc3ccc(Cl)cc3)CC2)cc1)C(=O)OC. The summed E-state index contributed by atoms with van der Waals surface area (Å²) in [4.78, 5) is 56.3. The maximum absolute atomic E-state index is 13.3. The van der Waals surface area contributed by atoms with Crippen LogP contribution in [0.15, 0.2) is 48.5 Å². The Kier molecular flexibility index (Phi) is 14.5. The Balaban J connectivity index is 1.59. The van der Waals surface area contributed by atoms with Crippen molar-refractivity contribution in [2.75, 3.05) is 70.7 Å². The van der Waals surface area contributed by atoms with Gasteiger partial charge in [0.2, 0.25) is 5.91 Å². The molecule has 3 rings (SSSR count). The van der Waals surface area contributed by atoms with Gasteiger partial charge in [-0.25, -0.2) is 0 Å². The van der Waals surface area contributed by atoms with Gasteiger partial charge in [0, 0.05) is 55.5 Å². The molecule has 1 fully saturated rings. The molecule has 1 atom stereocenters. The molecule has 240 valence electrons. The van der Waals surface area contributed by atoms with Gasteiger partial charge in [0.15, 0.2) is 0 Å². The standard InChI is InChI=1S/C32H42ClN3O7S/c1-23(2)43-20-19-36(29(37)22-44-28(32(40)42-4)21-30(38)41-3)27-11-7-25(8-12-27)31(39)35-17-15-34(16-18-35)14-13-24-5-9-26(33)10-6-24/h5-12,23,28H,13-22H2,1-4H3. The van der Waals surface area contributed by atoms with Gasteiger partial charge in [0.1, 0.15) is 5.25 Å². The molecule has 1 saturated heterocycles. The number of piperazine rings is 1. The lowest BCUT2D eigenvalue weighted by Gasteiger charge is -2.35. The number of halogens is 1. The second-order valence-corrected chi connectivity index (χ2v) is 12.3. The van der Waals surface area contributed by atoms with Crippen molar-refractivity contribution in [1.82, 2.24) is 9.80 Å². The lowest BCUT2D eigenvalue weighted by molar-refractivity contribution is -0.146. The number of benzene rings is 2. The molecule has 1 aliphatic heterocycles. The number of thioether (sulfide) groups is 1. The monoisotopic (exact) mass is 647 g/mol. The number of nitrogens with zero attached hydrogens (tertiary/aromatic N) is 3. The van der Waals surface area contributed by atoms with Crippen LogP contribution in [-0.2, 0) is 35.0 Å². The fourth-order valence-corrected chi connectivity index (χ4v) is 5.79. The summed E-state index contributed by atoms with van der Waals surface area (Å²) >= 11 is 7.00. The van der Waals surface area contributed by atoms with E-state index < -0.39 is 17.2 Å². The minimum Gasteiger partial charge on any atom is -0.469 e. The van der Waals surface area contributed by atoms with E-state index in [1.54, 1.807) is 29.2 Å². The highest BCUT2D eigenvalue weighted by atomic mass is 35.5. The van der Waals surface area contributed by atoms with Crippen molar-refractivity contribution >= 4 is 52.8 Å². The molecule has 2 amide bonds. The normalized spacial score (nSPS) is 14.3. The summed E-state index contributed by atoms with van der Waals surface area (Å²) in [5, 5.41) is -0.142. The van der Waals surface area contributed by atoms with Crippen molar-refractivity contribution in [3.8, 4) is 0 Å². The van der Waals surface area contributed by atoms with Crippen molar-refractivity contribution in [2.45, 2.75) is 38.0 Å². The molecule has 1 heterocycles. The Morgan fingerprint density at radius 3 is 2.18 bits per heavy atom. The lowest BCUT2D eigenvalue weighted by atomic mass is 10.1. The van der Waals surface area contributed by atoms with E-state index in [2.05, 4.69) is 9.64 Å². The second kappa shape index (κ2) is 18.0. The smallest absolute Gasteiger partial charge is 0.319 e. The molecular weight excluding hydrogens is 606 g/mol. The summed E-state index contributed by atoms with van der Waals surface area (Å²) < 4.78 is 15.2. The minimum atomic E-state index is -0.872. The number of hydrogen-bond donors (Lipinski definition) is 0. The first-order valence-corrected chi connectivity index (χ1v) is 16.1. The number of amides is 2. The van der Waals surface area contributed by atoms with Crippen LogP contribution >= 0.6 is 23.4 Å². The third-order valence-corrected chi connectivity index (χ3v) is 8.66. The van der Waals surface area contributed by atoms with Crippen LogP contribution in [0.3, 0.4) is 0 Å². The van der Waals surface area contributed by atoms with E-state index in [9.17, 15) is 19.2 Å². The van der Waals surface area contributed by atoms with Gasteiger partial charge in [-0.15, -0.1) is 11.8 Å². The Hall–Kier alpha value is -3.12. The van der Waals surface area contributed by atoms with Crippen LogP contribution in [0.4, 0.5) is 5.69 Å². The largest absolute Gasteiger partial charge is 0.469 e. The first kappa shape index (κ1) is 35.4. The highest BCUT2D eigenvalue weighted by Gasteiger charge is 2.27. The molecule has 2 aromatic rings. The Morgan fingerprint density at radius 2 is 1.59 bits per heavy atom. The van der Waals surface area contributed by atoms with E-state index in [-0.39, 0.29) is 36.6 Å². The number of carbonyl (C=O) groups is 4. The maximum atomic E-state index is 13.3. The predicted molar refractivity (Wildman–Crippen MR) is 172 cm³/mol.